The highest BCUT2D eigenvalue weighted by Crippen LogP contribution is 2.41. The van der Waals surface area contributed by atoms with Crippen molar-refractivity contribution in [2.24, 2.45) is 0 Å². The predicted octanol–water partition coefficient (Wildman–Crippen LogP) is 4.18. The summed E-state index contributed by atoms with van der Waals surface area (Å²) in [5.74, 6) is 0.670. The molecule has 0 bridgehead atoms. The molecule has 0 aliphatic heterocycles. The molecule has 0 radical (unpaired) electrons. The minimum Gasteiger partial charge on any atom is -0.508 e. The Bertz CT molecular complexity index is 1100. The Morgan fingerprint density at radius 2 is 1.96 bits per heavy atom. The van der Waals surface area contributed by atoms with Gasteiger partial charge in [0, 0.05) is 17.2 Å². The van der Waals surface area contributed by atoms with Gasteiger partial charge in [-0.2, -0.15) is 5.10 Å². The summed E-state index contributed by atoms with van der Waals surface area (Å²) >= 11 is 0. The van der Waals surface area contributed by atoms with Gasteiger partial charge in [0.1, 0.15) is 29.8 Å². The summed E-state index contributed by atoms with van der Waals surface area (Å²) in [6, 6.07) is 11.0. The quantitative estimate of drug-likeness (QED) is 0.542. The molecule has 28 heavy (non-hydrogen) atoms. The van der Waals surface area contributed by atoms with Gasteiger partial charge in [-0.05, 0) is 29.2 Å². The monoisotopic (exact) mass is 376 g/mol. The van der Waals surface area contributed by atoms with E-state index < -0.39 is 0 Å². The molecule has 0 atom stereocenters. The standard InChI is InChI=1S/C21H20N4O3/c1-13(2)16-7-17(19(27)8-18(16)26)20-21(28-12-23-20)15-5-3-4-14(6-15)9-25-11-22-10-24-25/h3-8,10-13,26-27H,9H2,1-2H3. The second kappa shape index (κ2) is 7.19. The van der Waals surface area contributed by atoms with Crippen LogP contribution in [-0.2, 0) is 6.54 Å². The first-order valence-electron chi connectivity index (χ1n) is 8.94. The zero-order valence-electron chi connectivity index (χ0n) is 15.6. The molecule has 0 amide bonds. The van der Waals surface area contributed by atoms with E-state index in [1.165, 1.54) is 18.8 Å². The summed E-state index contributed by atoms with van der Waals surface area (Å²) in [5, 5.41) is 24.6. The van der Waals surface area contributed by atoms with Crippen molar-refractivity contribution < 1.29 is 14.6 Å². The third kappa shape index (κ3) is 3.34. The van der Waals surface area contributed by atoms with E-state index in [0.717, 1.165) is 16.7 Å². The van der Waals surface area contributed by atoms with Crippen LogP contribution in [0.15, 0.2) is 59.9 Å². The summed E-state index contributed by atoms with van der Waals surface area (Å²) in [6.45, 7) is 4.54. The number of nitrogens with zero attached hydrogens (tertiary/aromatic N) is 4. The van der Waals surface area contributed by atoms with Gasteiger partial charge in [0.25, 0.3) is 0 Å². The highest BCUT2D eigenvalue weighted by molar-refractivity contribution is 5.81. The van der Waals surface area contributed by atoms with E-state index in [2.05, 4.69) is 15.1 Å². The lowest BCUT2D eigenvalue weighted by Crippen LogP contribution is -1.99. The van der Waals surface area contributed by atoms with Crippen LogP contribution in [0.2, 0.25) is 0 Å². The van der Waals surface area contributed by atoms with Crippen molar-refractivity contribution >= 4 is 0 Å². The van der Waals surface area contributed by atoms with Crippen molar-refractivity contribution in [3.8, 4) is 34.1 Å². The Balaban J connectivity index is 1.76. The minimum atomic E-state index is -0.0455. The Hall–Kier alpha value is -3.61. The highest BCUT2D eigenvalue weighted by atomic mass is 16.3. The Kier molecular flexibility index (Phi) is 4.57. The van der Waals surface area contributed by atoms with Crippen LogP contribution < -0.4 is 0 Å². The number of oxazole rings is 1. The fraction of sp³-hybridized carbons (Fsp3) is 0.190. The molecule has 0 unspecified atom stereocenters. The van der Waals surface area contributed by atoms with Crippen LogP contribution in [0.5, 0.6) is 11.5 Å². The molecular weight excluding hydrogens is 356 g/mol. The average Bonchev–Trinajstić information content (AvgIpc) is 3.33. The molecule has 0 aliphatic carbocycles. The zero-order chi connectivity index (χ0) is 19.7. The molecule has 4 rings (SSSR count). The molecule has 0 spiro atoms. The van der Waals surface area contributed by atoms with Crippen molar-refractivity contribution in [3.05, 3.63) is 66.6 Å². The molecule has 0 saturated carbocycles. The predicted molar refractivity (Wildman–Crippen MR) is 104 cm³/mol. The van der Waals surface area contributed by atoms with E-state index in [-0.39, 0.29) is 17.4 Å². The van der Waals surface area contributed by atoms with Crippen LogP contribution in [-0.4, -0.2) is 30.0 Å². The molecule has 7 heteroatoms. The molecule has 142 valence electrons. The third-order valence-electron chi connectivity index (χ3n) is 4.59. The maximum absolute atomic E-state index is 10.4. The van der Waals surface area contributed by atoms with E-state index in [0.29, 0.717) is 23.6 Å². The number of hydrogen-bond donors (Lipinski definition) is 2. The smallest absolute Gasteiger partial charge is 0.182 e. The van der Waals surface area contributed by atoms with Crippen molar-refractivity contribution in [1.82, 2.24) is 19.7 Å². The number of benzene rings is 2. The molecule has 0 aliphatic rings. The number of aromatic nitrogens is 4. The van der Waals surface area contributed by atoms with Gasteiger partial charge in [-0.3, -0.25) is 0 Å². The minimum absolute atomic E-state index is 0.0455. The van der Waals surface area contributed by atoms with Crippen molar-refractivity contribution in [2.45, 2.75) is 26.3 Å². The number of rotatable bonds is 5. The normalized spacial score (nSPS) is 11.2. The van der Waals surface area contributed by atoms with E-state index in [1.54, 1.807) is 17.1 Å². The summed E-state index contributed by atoms with van der Waals surface area (Å²) < 4.78 is 7.40. The van der Waals surface area contributed by atoms with Gasteiger partial charge in [0.2, 0.25) is 0 Å². The van der Waals surface area contributed by atoms with E-state index in [9.17, 15) is 10.2 Å². The van der Waals surface area contributed by atoms with Gasteiger partial charge in [0.15, 0.2) is 12.2 Å². The fourth-order valence-corrected chi connectivity index (χ4v) is 3.20. The van der Waals surface area contributed by atoms with E-state index >= 15 is 0 Å². The van der Waals surface area contributed by atoms with Crippen LogP contribution in [0, 0.1) is 0 Å². The molecule has 0 saturated heterocycles. The summed E-state index contributed by atoms with van der Waals surface area (Å²) in [6.07, 6.45) is 4.52. The topological polar surface area (TPSA) is 97.2 Å². The Morgan fingerprint density at radius 1 is 1.11 bits per heavy atom. The maximum atomic E-state index is 10.4. The first kappa shape index (κ1) is 17.8. The summed E-state index contributed by atoms with van der Waals surface area (Å²) in [4.78, 5) is 8.28. The van der Waals surface area contributed by atoms with Crippen LogP contribution in [0.4, 0.5) is 0 Å². The molecule has 7 nitrogen and oxygen atoms in total. The first-order valence-corrected chi connectivity index (χ1v) is 8.94. The van der Waals surface area contributed by atoms with Crippen LogP contribution in [0.25, 0.3) is 22.6 Å². The van der Waals surface area contributed by atoms with E-state index in [1.807, 2.05) is 38.1 Å². The Morgan fingerprint density at radius 3 is 2.71 bits per heavy atom. The summed E-state index contributed by atoms with van der Waals surface area (Å²) in [5.41, 5.74) is 3.65. The van der Waals surface area contributed by atoms with Crippen molar-refractivity contribution in [3.63, 3.8) is 0 Å². The van der Waals surface area contributed by atoms with Gasteiger partial charge in [-0.25, -0.2) is 14.6 Å². The lowest BCUT2D eigenvalue weighted by atomic mass is 9.96. The fourth-order valence-electron chi connectivity index (χ4n) is 3.20. The molecular formula is C21H20N4O3. The lowest BCUT2D eigenvalue weighted by molar-refractivity contribution is 0.445. The molecule has 2 N–H and O–H groups in total. The first-order chi connectivity index (χ1) is 13.5. The number of phenols is 2. The molecule has 2 heterocycles. The van der Waals surface area contributed by atoms with Gasteiger partial charge in [-0.15, -0.1) is 0 Å². The second-order valence-electron chi connectivity index (χ2n) is 6.91. The number of phenolic OH excluding ortho intramolecular Hbond substituents is 2. The third-order valence-corrected chi connectivity index (χ3v) is 4.59. The van der Waals surface area contributed by atoms with Crippen LogP contribution in [0.3, 0.4) is 0 Å². The van der Waals surface area contributed by atoms with Crippen LogP contribution >= 0.6 is 0 Å². The van der Waals surface area contributed by atoms with Gasteiger partial charge in [0.05, 0.1) is 6.54 Å². The highest BCUT2D eigenvalue weighted by Gasteiger charge is 2.19. The van der Waals surface area contributed by atoms with Gasteiger partial charge >= 0.3 is 0 Å². The largest absolute Gasteiger partial charge is 0.508 e. The zero-order valence-corrected chi connectivity index (χ0v) is 15.6. The average molecular weight is 376 g/mol. The van der Waals surface area contributed by atoms with Gasteiger partial charge < -0.3 is 14.6 Å². The molecule has 4 aromatic rings. The second-order valence-corrected chi connectivity index (χ2v) is 6.91. The van der Waals surface area contributed by atoms with Crippen molar-refractivity contribution in [1.29, 1.82) is 0 Å². The van der Waals surface area contributed by atoms with Gasteiger partial charge in [-0.1, -0.05) is 32.0 Å². The summed E-state index contributed by atoms with van der Waals surface area (Å²) in [7, 11) is 0. The lowest BCUT2D eigenvalue weighted by Gasteiger charge is -2.12. The SMILES string of the molecule is CC(C)c1cc(-c2ncoc2-c2cccc(Cn3cncn3)c2)c(O)cc1O. The number of hydrogen-bond acceptors (Lipinski definition) is 6. The van der Waals surface area contributed by atoms with E-state index in [4.69, 9.17) is 4.42 Å². The molecule has 2 aromatic heterocycles. The number of aromatic hydroxyl groups is 2. The Labute approximate surface area is 161 Å². The maximum Gasteiger partial charge on any atom is 0.182 e. The molecule has 2 aromatic carbocycles. The molecule has 0 fully saturated rings. The van der Waals surface area contributed by atoms with Crippen LogP contribution in [0.1, 0.15) is 30.9 Å². The van der Waals surface area contributed by atoms with Crippen molar-refractivity contribution in [2.75, 3.05) is 0 Å².